The quantitative estimate of drug-likeness (QED) is 0.903. The number of nitrogens with one attached hydrogen (secondary N) is 1. The zero-order valence-corrected chi connectivity index (χ0v) is 12.1. The molecule has 1 saturated carbocycles. The van der Waals surface area contributed by atoms with E-state index < -0.39 is 0 Å². The first kappa shape index (κ1) is 13.1. The number of hydrogen-bond donors (Lipinski definition) is 1. The molecule has 2 heterocycles. The minimum Gasteiger partial charge on any atom is -0.312 e. The lowest BCUT2D eigenvalue weighted by molar-refractivity contribution is 0.188. The van der Waals surface area contributed by atoms with Gasteiger partial charge in [-0.1, -0.05) is 6.07 Å². The zero-order chi connectivity index (χ0) is 13.2. The van der Waals surface area contributed by atoms with Crippen LogP contribution in [0.2, 0.25) is 0 Å². The Morgan fingerprint density at radius 1 is 1.37 bits per heavy atom. The molecule has 2 aliphatic rings. The van der Waals surface area contributed by atoms with Crippen molar-refractivity contribution in [3.63, 3.8) is 0 Å². The SMILES string of the molecule is Cc1cccnc1CN1CC(C2CC2)NCCC1C. The van der Waals surface area contributed by atoms with Gasteiger partial charge in [0.15, 0.2) is 0 Å². The van der Waals surface area contributed by atoms with Crippen LogP contribution < -0.4 is 5.32 Å². The Bertz CT molecular complexity index is 428. The van der Waals surface area contributed by atoms with Gasteiger partial charge in [0.05, 0.1) is 5.69 Å². The molecule has 1 aliphatic carbocycles. The molecule has 0 spiro atoms. The maximum absolute atomic E-state index is 4.56. The van der Waals surface area contributed by atoms with Crippen LogP contribution in [0.1, 0.15) is 37.4 Å². The summed E-state index contributed by atoms with van der Waals surface area (Å²) in [5.74, 6) is 0.928. The van der Waals surface area contributed by atoms with E-state index in [0.29, 0.717) is 12.1 Å². The monoisotopic (exact) mass is 259 g/mol. The van der Waals surface area contributed by atoms with Crippen molar-refractivity contribution >= 4 is 0 Å². The van der Waals surface area contributed by atoms with Crippen LogP contribution in [0.15, 0.2) is 18.3 Å². The maximum Gasteiger partial charge on any atom is 0.0573 e. The lowest BCUT2D eigenvalue weighted by Crippen LogP contribution is -2.41. The van der Waals surface area contributed by atoms with E-state index in [2.05, 4.69) is 35.1 Å². The van der Waals surface area contributed by atoms with Crippen LogP contribution in [-0.4, -0.2) is 35.1 Å². The Morgan fingerprint density at radius 2 is 2.21 bits per heavy atom. The molecule has 0 radical (unpaired) electrons. The predicted molar refractivity (Wildman–Crippen MR) is 78.0 cm³/mol. The highest BCUT2D eigenvalue weighted by molar-refractivity contribution is 5.17. The summed E-state index contributed by atoms with van der Waals surface area (Å²) in [6, 6.07) is 5.55. The molecule has 3 rings (SSSR count). The average Bonchev–Trinajstić information content (AvgIpc) is 3.22. The van der Waals surface area contributed by atoms with Crippen molar-refractivity contribution in [2.45, 2.75) is 51.7 Å². The third kappa shape index (κ3) is 3.15. The summed E-state index contributed by atoms with van der Waals surface area (Å²) in [5, 5.41) is 3.74. The number of hydrogen-bond acceptors (Lipinski definition) is 3. The molecule has 3 heteroatoms. The molecule has 0 bridgehead atoms. The summed E-state index contributed by atoms with van der Waals surface area (Å²) < 4.78 is 0. The molecular weight excluding hydrogens is 234 g/mol. The highest BCUT2D eigenvalue weighted by Gasteiger charge is 2.34. The van der Waals surface area contributed by atoms with Gasteiger partial charge in [-0.15, -0.1) is 0 Å². The van der Waals surface area contributed by atoms with Gasteiger partial charge in [-0.05, 0) is 57.2 Å². The second kappa shape index (κ2) is 5.59. The van der Waals surface area contributed by atoms with E-state index in [4.69, 9.17) is 0 Å². The van der Waals surface area contributed by atoms with E-state index in [1.54, 1.807) is 0 Å². The minimum atomic E-state index is 0.651. The zero-order valence-electron chi connectivity index (χ0n) is 12.1. The largest absolute Gasteiger partial charge is 0.312 e. The molecule has 2 atom stereocenters. The van der Waals surface area contributed by atoms with E-state index >= 15 is 0 Å². The molecule has 3 nitrogen and oxygen atoms in total. The Hall–Kier alpha value is -0.930. The third-order valence-electron chi connectivity index (χ3n) is 4.68. The van der Waals surface area contributed by atoms with Crippen molar-refractivity contribution in [3.05, 3.63) is 29.6 Å². The summed E-state index contributed by atoms with van der Waals surface area (Å²) in [6.45, 7) is 7.87. The lowest BCUT2D eigenvalue weighted by Gasteiger charge is -2.29. The summed E-state index contributed by atoms with van der Waals surface area (Å²) in [5.41, 5.74) is 2.56. The standard InChI is InChI=1S/C16H25N3/c1-12-4-3-8-17-15(12)10-19-11-16(14-5-6-14)18-9-7-13(19)2/h3-4,8,13-14,16,18H,5-7,9-11H2,1-2H3. The second-order valence-electron chi connectivity index (χ2n) is 6.23. The first-order chi connectivity index (χ1) is 9.24. The lowest BCUT2D eigenvalue weighted by atomic mass is 10.1. The second-order valence-corrected chi connectivity index (χ2v) is 6.23. The minimum absolute atomic E-state index is 0.651. The Morgan fingerprint density at radius 3 is 2.95 bits per heavy atom. The molecule has 1 N–H and O–H groups in total. The highest BCUT2D eigenvalue weighted by atomic mass is 15.2. The first-order valence-electron chi connectivity index (χ1n) is 7.62. The number of aryl methyl sites for hydroxylation is 1. The average molecular weight is 259 g/mol. The summed E-state index contributed by atoms with van der Waals surface area (Å²) in [6.07, 6.45) is 6.00. The van der Waals surface area contributed by atoms with Gasteiger partial charge in [0.1, 0.15) is 0 Å². The van der Waals surface area contributed by atoms with Gasteiger partial charge < -0.3 is 5.32 Å². The molecule has 104 valence electrons. The fourth-order valence-electron chi connectivity index (χ4n) is 3.07. The molecule has 2 unspecified atom stereocenters. The fraction of sp³-hybridized carbons (Fsp3) is 0.688. The Labute approximate surface area is 116 Å². The topological polar surface area (TPSA) is 28.2 Å². The molecule has 0 amide bonds. The van der Waals surface area contributed by atoms with Crippen molar-refractivity contribution in [1.82, 2.24) is 15.2 Å². The number of nitrogens with zero attached hydrogens (tertiary/aromatic N) is 2. The molecule has 1 saturated heterocycles. The molecule has 1 aromatic rings. The van der Waals surface area contributed by atoms with Crippen LogP contribution >= 0.6 is 0 Å². The van der Waals surface area contributed by atoms with Crippen molar-refractivity contribution in [2.24, 2.45) is 5.92 Å². The van der Waals surface area contributed by atoms with E-state index in [9.17, 15) is 0 Å². The number of rotatable bonds is 3. The summed E-state index contributed by atoms with van der Waals surface area (Å²) >= 11 is 0. The molecular formula is C16H25N3. The van der Waals surface area contributed by atoms with E-state index in [-0.39, 0.29) is 0 Å². The first-order valence-corrected chi connectivity index (χ1v) is 7.62. The van der Waals surface area contributed by atoms with Gasteiger partial charge in [-0.25, -0.2) is 0 Å². The van der Waals surface area contributed by atoms with Crippen molar-refractivity contribution < 1.29 is 0 Å². The molecule has 1 aromatic heterocycles. The summed E-state index contributed by atoms with van der Waals surface area (Å²) in [4.78, 5) is 7.18. The van der Waals surface area contributed by atoms with Crippen LogP contribution in [-0.2, 0) is 6.54 Å². The third-order valence-corrected chi connectivity index (χ3v) is 4.68. The predicted octanol–water partition coefficient (Wildman–Crippen LogP) is 2.35. The van der Waals surface area contributed by atoms with Gasteiger partial charge in [-0.3, -0.25) is 9.88 Å². The smallest absolute Gasteiger partial charge is 0.0573 e. The Balaban J connectivity index is 1.71. The van der Waals surface area contributed by atoms with E-state index in [1.165, 1.54) is 43.6 Å². The van der Waals surface area contributed by atoms with Gasteiger partial charge in [0.25, 0.3) is 0 Å². The van der Waals surface area contributed by atoms with Gasteiger partial charge in [0, 0.05) is 31.4 Å². The fourth-order valence-corrected chi connectivity index (χ4v) is 3.07. The number of aromatic nitrogens is 1. The molecule has 1 aliphatic heterocycles. The van der Waals surface area contributed by atoms with Crippen molar-refractivity contribution in [2.75, 3.05) is 13.1 Å². The molecule has 2 fully saturated rings. The maximum atomic E-state index is 4.56. The van der Waals surface area contributed by atoms with Crippen LogP contribution in [0, 0.1) is 12.8 Å². The normalized spacial score (nSPS) is 29.2. The van der Waals surface area contributed by atoms with Gasteiger partial charge in [0.2, 0.25) is 0 Å². The van der Waals surface area contributed by atoms with Gasteiger partial charge >= 0.3 is 0 Å². The molecule has 19 heavy (non-hydrogen) atoms. The van der Waals surface area contributed by atoms with Crippen LogP contribution in [0.25, 0.3) is 0 Å². The van der Waals surface area contributed by atoms with Gasteiger partial charge in [-0.2, -0.15) is 0 Å². The van der Waals surface area contributed by atoms with E-state index in [0.717, 1.165) is 12.5 Å². The highest BCUT2D eigenvalue weighted by Crippen LogP contribution is 2.34. The van der Waals surface area contributed by atoms with Crippen LogP contribution in [0.5, 0.6) is 0 Å². The van der Waals surface area contributed by atoms with Crippen LogP contribution in [0.4, 0.5) is 0 Å². The van der Waals surface area contributed by atoms with E-state index in [1.807, 2.05) is 12.3 Å². The molecule has 0 aromatic carbocycles. The number of pyridine rings is 1. The Kier molecular flexibility index (Phi) is 3.85. The summed E-state index contributed by atoms with van der Waals surface area (Å²) in [7, 11) is 0. The van der Waals surface area contributed by atoms with Crippen LogP contribution in [0.3, 0.4) is 0 Å². The van der Waals surface area contributed by atoms with Crippen molar-refractivity contribution in [3.8, 4) is 0 Å². The van der Waals surface area contributed by atoms with Crippen molar-refractivity contribution in [1.29, 1.82) is 0 Å².